The van der Waals surface area contributed by atoms with Crippen LogP contribution in [0.25, 0.3) is 22.2 Å². The molecule has 0 N–H and O–H groups in total. The third kappa shape index (κ3) is 4.13. The summed E-state index contributed by atoms with van der Waals surface area (Å²) in [5.41, 5.74) is 0.0508. The molecule has 0 aliphatic rings. The van der Waals surface area contributed by atoms with Crippen molar-refractivity contribution in [3.8, 4) is 11.3 Å². The molecule has 0 spiro atoms. The second-order valence-corrected chi connectivity index (χ2v) is 9.15. The fraction of sp³-hybridized carbons (Fsp3) is 0.238. The number of pyridine rings is 1. The highest BCUT2D eigenvalue weighted by Crippen LogP contribution is 2.35. The van der Waals surface area contributed by atoms with Gasteiger partial charge in [-0.25, -0.2) is 22.5 Å². The predicted molar refractivity (Wildman–Crippen MR) is 109 cm³/mol. The minimum atomic E-state index is -4.54. The maximum atomic E-state index is 13.2. The molecule has 31 heavy (non-hydrogen) atoms. The van der Waals surface area contributed by atoms with Gasteiger partial charge in [-0.1, -0.05) is 12.1 Å². The van der Waals surface area contributed by atoms with Gasteiger partial charge in [-0.3, -0.25) is 0 Å². The zero-order valence-electron chi connectivity index (χ0n) is 17.1. The van der Waals surface area contributed by atoms with Crippen molar-refractivity contribution in [3.05, 3.63) is 59.2 Å². The number of benzene rings is 2. The number of aromatic nitrogens is 1. The second-order valence-electron chi connectivity index (χ2n) is 7.00. The van der Waals surface area contributed by atoms with Gasteiger partial charge in [-0.15, -0.1) is 0 Å². The molecular weight excluding hydrogens is 433 g/mol. The third-order valence-electron chi connectivity index (χ3n) is 4.83. The SMILES string of the molecule is COC(=O)c1c(C)c(-c2cccc(C(F)(F)F)c2)nc2ccc(S(=O)(=O)N(C)C)cc12. The lowest BCUT2D eigenvalue weighted by Crippen LogP contribution is -2.22. The number of carbonyl (C=O) groups is 1. The Morgan fingerprint density at radius 2 is 1.77 bits per heavy atom. The van der Waals surface area contributed by atoms with Gasteiger partial charge in [0.05, 0.1) is 34.3 Å². The Morgan fingerprint density at radius 1 is 1.10 bits per heavy atom. The summed E-state index contributed by atoms with van der Waals surface area (Å²) in [6, 6.07) is 8.67. The fourth-order valence-corrected chi connectivity index (χ4v) is 4.13. The summed E-state index contributed by atoms with van der Waals surface area (Å²) in [5.74, 6) is -0.752. The first-order valence-corrected chi connectivity index (χ1v) is 10.4. The number of sulfonamides is 1. The van der Waals surface area contributed by atoms with Crippen molar-refractivity contribution in [3.63, 3.8) is 0 Å². The highest BCUT2D eigenvalue weighted by Gasteiger charge is 2.31. The number of halogens is 3. The molecule has 0 bridgehead atoms. The number of hydrogen-bond acceptors (Lipinski definition) is 5. The number of alkyl halides is 3. The molecule has 2 aromatic carbocycles. The highest BCUT2D eigenvalue weighted by atomic mass is 32.2. The Balaban J connectivity index is 2.35. The number of nitrogens with zero attached hydrogens (tertiary/aromatic N) is 2. The van der Waals surface area contributed by atoms with Gasteiger partial charge in [0.15, 0.2) is 0 Å². The summed E-state index contributed by atoms with van der Waals surface area (Å²) in [6.07, 6.45) is -4.54. The van der Waals surface area contributed by atoms with Crippen molar-refractivity contribution >= 4 is 26.9 Å². The number of fused-ring (bicyclic) bond motifs is 1. The van der Waals surface area contributed by atoms with Gasteiger partial charge in [0.2, 0.25) is 10.0 Å². The van der Waals surface area contributed by atoms with Crippen molar-refractivity contribution < 1.29 is 31.1 Å². The lowest BCUT2D eigenvalue weighted by molar-refractivity contribution is -0.137. The van der Waals surface area contributed by atoms with Crippen LogP contribution < -0.4 is 0 Å². The predicted octanol–water partition coefficient (Wildman–Crippen LogP) is 4.27. The van der Waals surface area contributed by atoms with E-state index in [2.05, 4.69) is 4.98 Å². The minimum absolute atomic E-state index is 0.0377. The topological polar surface area (TPSA) is 76.6 Å². The maximum absolute atomic E-state index is 13.2. The van der Waals surface area contributed by atoms with Gasteiger partial charge in [0.25, 0.3) is 0 Å². The molecule has 1 aromatic heterocycles. The van der Waals surface area contributed by atoms with E-state index in [1.165, 1.54) is 58.5 Å². The zero-order valence-corrected chi connectivity index (χ0v) is 17.9. The molecule has 0 radical (unpaired) electrons. The summed E-state index contributed by atoms with van der Waals surface area (Å²) < 4.78 is 70.4. The lowest BCUT2D eigenvalue weighted by atomic mass is 9.97. The first kappa shape index (κ1) is 22.7. The van der Waals surface area contributed by atoms with E-state index in [4.69, 9.17) is 4.74 Å². The lowest BCUT2D eigenvalue weighted by Gasteiger charge is -2.16. The van der Waals surface area contributed by atoms with Crippen LogP contribution in [0.3, 0.4) is 0 Å². The van der Waals surface area contributed by atoms with Crippen molar-refractivity contribution in [2.75, 3.05) is 21.2 Å². The molecule has 3 rings (SSSR count). The van der Waals surface area contributed by atoms with E-state index in [0.29, 0.717) is 0 Å². The van der Waals surface area contributed by atoms with Crippen LogP contribution in [0.2, 0.25) is 0 Å². The normalized spacial score (nSPS) is 12.4. The Kier molecular flexibility index (Phi) is 5.81. The molecular formula is C21H19F3N2O4S. The molecule has 0 saturated heterocycles. The van der Waals surface area contributed by atoms with Crippen molar-refractivity contribution in [2.24, 2.45) is 0 Å². The molecule has 0 aliphatic carbocycles. The van der Waals surface area contributed by atoms with E-state index < -0.39 is 27.7 Å². The fourth-order valence-electron chi connectivity index (χ4n) is 3.20. The Labute approximate surface area is 177 Å². The maximum Gasteiger partial charge on any atom is 0.416 e. The van der Waals surface area contributed by atoms with E-state index in [1.54, 1.807) is 0 Å². The number of methoxy groups -OCH3 is 1. The number of carbonyl (C=O) groups excluding carboxylic acids is 1. The van der Waals surface area contributed by atoms with Crippen LogP contribution in [-0.4, -0.2) is 44.9 Å². The van der Waals surface area contributed by atoms with Crippen LogP contribution in [-0.2, 0) is 20.9 Å². The quantitative estimate of drug-likeness (QED) is 0.553. The largest absolute Gasteiger partial charge is 0.465 e. The van der Waals surface area contributed by atoms with Crippen LogP contribution >= 0.6 is 0 Å². The Bertz CT molecular complexity index is 1290. The molecule has 0 atom stereocenters. The molecule has 1 heterocycles. The minimum Gasteiger partial charge on any atom is -0.465 e. The summed E-state index contributed by atoms with van der Waals surface area (Å²) in [7, 11) is 0.131. The van der Waals surface area contributed by atoms with Crippen molar-refractivity contribution in [1.29, 1.82) is 0 Å². The molecule has 10 heteroatoms. The first-order chi connectivity index (χ1) is 14.4. The number of ether oxygens (including phenoxy) is 1. The average molecular weight is 452 g/mol. The van der Waals surface area contributed by atoms with Crippen molar-refractivity contribution in [1.82, 2.24) is 9.29 Å². The van der Waals surface area contributed by atoms with Gasteiger partial charge in [0, 0.05) is 25.0 Å². The van der Waals surface area contributed by atoms with Crippen molar-refractivity contribution in [2.45, 2.75) is 18.0 Å². The van der Waals surface area contributed by atoms with Crippen LogP contribution in [0.5, 0.6) is 0 Å². The smallest absolute Gasteiger partial charge is 0.416 e. The highest BCUT2D eigenvalue weighted by molar-refractivity contribution is 7.89. The Morgan fingerprint density at radius 3 is 2.35 bits per heavy atom. The average Bonchev–Trinajstić information content (AvgIpc) is 2.71. The van der Waals surface area contributed by atoms with E-state index in [0.717, 1.165) is 16.4 Å². The standard InChI is InChI=1S/C21H19F3N2O4S/c1-12-18(20(27)30-4)16-11-15(31(28,29)26(2)3)8-9-17(16)25-19(12)13-6-5-7-14(10-13)21(22,23)24/h5-11H,1-4H3. The molecule has 0 amide bonds. The molecule has 0 saturated carbocycles. The number of rotatable bonds is 4. The summed E-state index contributed by atoms with van der Waals surface area (Å²) >= 11 is 0. The molecule has 164 valence electrons. The van der Waals surface area contributed by atoms with Gasteiger partial charge >= 0.3 is 12.1 Å². The first-order valence-electron chi connectivity index (χ1n) is 9.00. The molecule has 0 aliphatic heterocycles. The van der Waals surface area contributed by atoms with Crippen LogP contribution in [0, 0.1) is 6.92 Å². The molecule has 0 fully saturated rings. The number of hydrogen-bond donors (Lipinski definition) is 0. The molecule has 6 nitrogen and oxygen atoms in total. The van der Waals surface area contributed by atoms with E-state index in [1.807, 2.05) is 0 Å². The summed E-state index contributed by atoms with van der Waals surface area (Å²) in [6.45, 7) is 1.53. The van der Waals surface area contributed by atoms with Crippen LogP contribution in [0.4, 0.5) is 13.2 Å². The molecule has 0 unspecified atom stereocenters. The number of esters is 1. The van der Waals surface area contributed by atoms with Gasteiger partial charge < -0.3 is 4.74 Å². The monoisotopic (exact) mass is 452 g/mol. The van der Waals surface area contributed by atoms with E-state index >= 15 is 0 Å². The van der Waals surface area contributed by atoms with Crippen LogP contribution in [0.1, 0.15) is 21.5 Å². The van der Waals surface area contributed by atoms with E-state index in [-0.39, 0.29) is 38.2 Å². The summed E-state index contributed by atoms with van der Waals surface area (Å²) in [4.78, 5) is 16.9. The molecule has 3 aromatic rings. The second kappa shape index (κ2) is 7.93. The van der Waals surface area contributed by atoms with Crippen LogP contribution in [0.15, 0.2) is 47.4 Å². The van der Waals surface area contributed by atoms with E-state index in [9.17, 15) is 26.4 Å². The van der Waals surface area contributed by atoms with Gasteiger partial charge in [-0.2, -0.15) is 13.2 Å². The van der Waals surface area contributed by atoms with Gasteiger partial charge in [0.1, 0.15) is 0 Å². The third-order valence-corrected chi connectivity index (χ3v) is 6.64. The zero-order chi connectivity index (χ0) is 23.1. The summed E-state index contributed by atoms with van der Waals surface area (Å²) in [5, 5.41) is 0.225. The Hall–Kier alpha value is -2.98. The van der Waals surface area contributed by atoms with Gasteiger partial charge in [-0.05, 0) is 42.8 Å².